The van der Waals surface area contributed by atoms with Crippen LogP contribution in [0.4, 0.5) is 0 Å². The number of nitrogens with two attached hydrogens (primary N) is 1. The van der Waals surface area contributed by atoms with Crippen LogP contribution in [0.1, 0.15) is 28.3 Å². The second-order valence-electron chi connectivity index (χ2n) is 7.31. The molecule has 2 heterocycles. The smallest absolute Gasteiger partial charge is 0.256 e. The quantitative estimate of drug-likeness (QED) is 0.605. The maximum absolute atomic E-state index is 12.8. The van der Waals surface area contributed by atoms with Gasteiger partial charge in [0.1, 0.15) is 24.0 Å². The summed E-state index contributed by atoms with van der Waals surface area (Å²) in [5.41, 5.74) is 8.37. The van der Waals surface area contributed by atoms with Gasteiger partial charge in [-0.1, -0.05) is 29.8 Å². The van der Waals surface area contributed by atoms with Gasteiger partial charge in [0.2, 0.25) is 5.88 Å². The summed E-state index contributed by atoms with van der Waals surface area (Å²) in [6, 6.07) is 16.4. The van der Waals surface area contributed by atoms with Crippen LogP contribution in [0, 0.1) is 18.3 Å². The first-order valence-electron chi connectivity index (χ1n) is 9.78. The van der Waals surface area contributed by atoms with Gasteiger partial charge in [-0.15, -0.1) is 0 Å². The van der Waals surface area contributed by atoms with Gasteiger partial charge in [0.05, 0.1) is 18.6 Å². The van der Waals surface area contributed by atoms with E-state index in [9.17, 15) is 10.1 Å². The standard InChI is InChI=1S/C24H20ClN3O4/c1-13-9-20-22(24(29)28-13)21(17(11-26)23(27)32-20)15-5-8-18(19(10-15)30-2)31-12-14-3-6-16(25)7-4-14/h3-10,21H,12,27H2,1-2H3,(H,28,29)/t21-/m0/s1. The molecule has 0 amide bonds. The highest BCUT2D eigenvalue weighted by atomic mass is 35.5. The zero-order chi connectivity index (χ0) is 22.8. The van der Waals surface area contributed by atoms with Gasteiger partial charge in [-0.25, -0.2) is 0 Å². The van der Waals surface area contributed by atoms with Gasteiger partial charge < -0.3 is 24.9 Å². The number of hydrogen-bond donors (Lipinski definition) is 2. The molecule has 8 heteroatoms. The molecule has 0 fully saturated rings. The van der Waals surface area contributed by atoms with Crippen LogP contribution in [-0.4, -0.2) is 12.1 Å². The lowest BCUT2D eigenvalue weighted by Crippen LogP contribution is -2.28. The average Bonchev–Trinajstić information content (AvgIpc) is 2.77. The number of benzene rings is 2. The number of H-pyrrole nitrogens is 1. The Kier molecular flexibility index (Phi) is 5.80. The number of nitriles is 1. The SMILES string of the molecule is COc1cc([C@H]2C(C#N)=C(N)Oc3cc(C)[nH]c(=O)c32)ccc1OCc1ccc(Cl)cc1. The Morgan fingerprint density at radius 1 is 1.19 bits per heavy atom. The summed E-state index contributed by atoms with van der Waals surface area (Å²) in [5, 5.41) is 10.4. The largest absolute Gasteiger partial charge is 0.493 e. The predicted octanol–water partition coefficient (Wildman–Crippen LogP) is 4.14. The zero-order valence-corrected chi connectivity index (χ0v) is 18.2. The summed E-state index contributed by atoms with van der Waals surface area (Å²) >= 11 is 5.93. The normalized spacial score (nSPS) is 14.9. The molecule has 0 saturated heterocycles. The van der Waals surface area contributed by atoms with Gasteiger partial charge in [0, 0.05) is 16.8 Å². The van der Waals surface area contributed by atoms with Gasteiger partial charge in [-0.2, -0.15) is 5.26 Å². The number of rotatable bonds is 5. The van der Waals surface area contributed by atoms with Crippen molar-refractivity contribution in [2.75, 3.05) is 7.11 Å². The Morgan fingerprint density at radius 3 is 2.62 bits per heavy atom. The van der Waals surface area contributed by atoms with Crippen LogP contribution in [0.25, 0.3) is 0 Å². The number of aromatic nitrogens is 1. The van der Waals surface area contributed by atoms with Crippen LogP contribution in [-0.2, 0) is 6.61 Å². The summed E-state index contributed by atoms with van der Waals surface area (Å²) in [6.07, 6.45) is 0. The summed E-state index contributed by atoms with van der Waals surface area (Å²) in [7, 11) is 1.53. The molecule has 4 rings (SSSR count). The molecule has 1 aliphatic rings. The Bertz CT molecular complexity index is 1310. The Balaban J connectivity index is 1.73. The monoisotopic (exact) mass is 449 g/mol. The summed E-state index contributed by atoms with van der Waals surface area (Å²) in [5.74, 6) is 0.579. The number of aryl methyl sites for hydroxylation is 1. The van der Waals surface area contributed by atoms with E-state index < -0.39 is 5.92 Å². The third kappa shape index (κ3) is 4.01. The molecular weight excluding hydrogens is 430 g/mol. The summed E-state index contributed by atoms with van der Waals surface area (Å²) in [4.78, 5) is 15.5. The maximum atomic E-state index is 12.8. The lowest BCUT2D eigenvalue weighted by Gasteiger charge is -2.26. The van der Waals surface area contributed by atoms with Gasteiger partial charge in [0.25, 0.3) is 5.56 Å². The van der Waals surface area contributed by atoms with E-state index in [1.807, 2.05) is 12.1 Å². The lowest BCUT2D eigenvalue weighted by atomic mass is 9.84. The highest BCUT2D eigenvalue weighted by Crippen LogP contribution is 2.42. The molecule has 1 aromatic heterocycles. The maximum Gasteiger partial charge on any atom is 0.256 e. The topological polar surface area (TPSA) is 110 Å². The van der Waals surface area contributed by atoms with Gasteiger partial charge in [0.15, 0.2) is 11.5 Å². The number of halogens is 1. The first-order chi connectivity index (χ1) is 15.4. The second kappa shape index (κ2) is 8.69. The summed E-state index contributed by atoms with van der Waals surface area (Å²) in [6.45, 7) is 2.07. The van der Waals surface area contributed by atoms with E-state index in [0.717, 1.165) is 5.56 Å². The van der Waals surface area contributed by atoms with Crippen molar-refractivity contribution in [1.82, 2.24) is 4.98 Å². The molecule has 0 radical (unpaired) electrons. The molecule has 0 saturated carbocycles. The van der Waals surface area contributed by atoms with Crippen molar-refractivity contribution in [2.45, 2.75) is 19.4 Å². The first-order valence-corrected chi connectivity index (χ1v) is 10.2. The second-order valence-corrected chi connectivity index (χ2v) is 7.75. The van der Waals surface area contributed by atoms with Crippen molar-refractivity contribution in [1.29, 1.82) is 5.26 Å². The molecule has 2 aromatic carbocycles. The van der Waals surface area contributed by atoms with Crippen LogP contribution >= 0.6 is 11.6 Å². The molecule has 0 aliphatic carbocycles. The third-order valence-electron chi connectivity index (χ3n) is 5.18. The van der Waals surface area contributed by atoms with Crippen molar-refractivity contribution < 1.29 is 14.2 Å². The molecule has 3 N–H and O–H groups in total. The highest BCUT2D eigenvalue weighted by molar-refractivity contribution is 6.30. The molecule has 0 spiro atoms. The number of methoxy groups -OCH3 is 1. The predicted molar refractivity (Wildman–Crippen MR) is 120 cm³/mol. The fourth-order valence-corrected chi connectivity index (χ4v) is 3.79. The van der Waals surface area contributed by atoms with E-state index in [2.05, 4.69) is 11.1 Å². The van der Waals surface area contributed by atoms with E-state index in [-0.39, 0.29) is 17.0 Å². The Hall–Kier alpha value is -3.89. The molecule has 7 nitrogen and oxygen atoms in total. The minimum Gasteiger partial charge on any atom is -0.493 e. The highest BCUT2D eigenvalue weighted by Gasteiger charge is 2.33. The van der Waals surface area contributed by atoms with Gasteiger partial charge in [-0.3, -0.25) is 4.79 Å². The van der Waals surface area contributed by atoms with Crippen LogP contribution in [0.2, 0.25) is 5.02 Å². The first kappa shape index (κ1) is 21.3. The number of aromatic amines is 1. The van der Waals surface area contributed by atoms with E-state index in [0.29, 0.717) is 45.7 Å². The van der Waals surface area contributed by atoms with Crippen molar-refractivity contribution >= 4 is 11.6 Å². The van der Waals surface area contributed by atoms with Crippen molar-refractivity contribution in [2.24, 2.45) is 5.73 Å². The van der Waals surface area contributed by atoms with E-state index in [1.54, 1.807) is 43.3 Å². The number of hydrogen-bond acceptors (Lipinski definition) is 6. The number of fused-ring (bicyclic) bond motifs is 1. The van der Waals surface area contributed by atoms with E-state index in [4.69, 9.17) is 31.5 Å². The number of pyridine rings is 1. The van der Waals surface area contributed by atoms with Crippen molar-refractivity contribution in [3.05, 3.63) is 97.7 Å². The molecule has 0 unspecified atom stereocenters. The molecular formula is C24H20ClN3O4. The lowest BCUT2D eigenvalue weighted by molar-refractivity contribution is 0.284. The van der Waals surface area contributed by atoms with Crippen LogP contribution in [0.15, 0.2) is 64.8 Å². The number of nitrogens with zero attached hydrogens (tertiary/aromatic N) is 1. The number of ether oxygens (including phenoxy) is 3. The Morgan fingerprint density at radius 2 is 1.94 bits per heavy atom. The third-order valence-corrected chi connectivity index (χ3v) is 5.43. The fraction of sp³-hybridized carbons (Fsp3) is 0.167. The number of allylic oxidation sites excluding steroid dienone is 1. The Labute approximate surface area is 189 Å². The summed E-state index contributed by atoms with van der Waals surface area (Å²) < 4.78 is 17.0. The molecule has 162 valence electrons. The van der Waals surface area contributed by atoms with Crippen molar-refractivity contribution in [3.8, 4) is 23.3 Å². The molecule has 1 aliphatic heterocycles. The molecule has 1 atom stereocenters. The van der Waals surface area contributed by atoms with Crippen LogP contribution in [0.5, 0.6) is 17.2 Å². The average molecular weight is 450 g/mol. The van der Waals surface area contributed by atoms with Crippen LogP contribution < -0.4 is 25.5 Å². The molecule has 0 bridgehead atoms. The minimum absolute atomic E-state index is 0.0305. The molecule has 32 heavy (non-hydrogen) atoms. The van der Waals surface area contributed by atoms with Crippen LogP contribution in [0.3, 0.4) is 0 Å². The van der Waals surface area contributed by atoms with E-state index >= 15 is 0 Å². The van der Waals surface area contributed by atoms with Gasteiger partial charge in [-0.05, 0) is 42.3 Å². The number of nitrogens with one attached hydrogen (secondary N) is 1. The minimum atomic E-state index is -0.702. The van der Waals surface area contributed by atoms with Gasteiger partial charge >= 0.3 is 0 Å². The zero-order valence-electron chi connectivity index (χ0n) is 17.4. The van der Waals surface area contributed by atoms with Crippen molar-refractivity contribution in [3.63, 3.8) is 0 Å². The molecule has 3 aromatic rings. The fourth-order valence-electron chi connectivity index (χ4n) is 3.66. The van der Waals surface area contributed by atoms with E-state index in [1.165, 1.54) is 7.11 Å².